The molecule has 0 aliphatic rings. The molecule has 0 unspecified atom stereocenters. The van der Waals surface area contributed by atoms with Gasteiger partial charge in [0.05, 0.1) is 35.6 Å². The second-order valence-electron chi connectivity index (χ2n) is 9.14. The second kappa shape index (κ2) is 9.25. The molecule has 1 N–H and O–H groups in total. The molecule has 0 saturated carbocycles. The fourth-order valence-corrected chi connectivity index (χ4v) is 4.38. The summed E-state index contributed by atoms with van der Waals surface area (Å²) in [6.07, 6.45) is 1.67. The van der Waals surface area contributed by atoms with Crippen LogP contribution in [0.5, 0.6) is 5.75 Å². The monoisotopic (exact) mass is 495 g/mol. The molecule has 0 atom stereocenters. The fourth-order valence-electron chi connectivity index (χ4n) is 4.38. The summed E-state index contributed by atoms with van der Waals surface area (Å²) in [5.74, 6) is 0.649. The highest BCUT2D eigenvalue weighted by Gasteiger charge is 2.19. The standard InChI is InChI=1S/C26H26BN7O3/c1-15-7-6-8-18-22(15)25(36)34-24(28-18)17-11-12-33(27)23(17)30-26(34)29-19-13-16(9-10-20(19)37-5)32(4)21(35)14-31(2)3/h6-13H,14H2,1-5H3,(H,29,30). The van der Waals surface area contributed by atoms with Gasteiger partial charge in [-0.2, -0.15) is 4.98 Å². The number of fused-ring (bicyclic) bond motifs is 4. The van der Waals surface area contributed by atoms with E-state index in [2.05, 4.69) is 10.3 Å². The molecule has 0 saturated heterocycles. The topological polar surface area (TPSA) is 97.0 Å². The summed E-state index contributed by atoms with van der Waals surface area (Å²) < 4.78 is 8.40. The summed E-state index contributed by atoms with van der Waals surface area (Å²) in [5.41, 5.74) is 3.19. The Kier molecular flexibility index (Phi) is 6.08. The van der Waals surface area contributed by atoms with Crippen LogP contribution in [0.15, 0.2) is 53.5 Å². The molecule has 0 aliphatic carbocycles. The van der Waals surface area contributed by atoms with E-state index < -0.39 is 0 Å². The zero-order chi connectivity index (χ0) is 26.4. The van der Waals surface area contributed by atoms with Crippen LogP contribution in [0, 0.1) is 6.92 Å². The molecule has 1 amide bonds. The van der Waals surface area contributed by atoms with Gasteiger partial charge in [0.25, 0.3) is 5.56 Å². The lowest BCUT2D eigenvalue weighted by Gasteiger charge is -2.21. The van der Waals surface area contributed by atoms with Crippen molar-refractivity contribution in [3.63, 3.8) is 0 Å². The highest BCUT2D eigenvalue weighted by molar-refractivity contribution is 6.12. The van der Waals surface area contributed by atoms with Crippen LogP contribution in [0.4, 0.5) is 17.3 Å². The molecule has 0 aliphatic heterocycles. The lowest BCUT2D eigenvalue weighted by atomic mass is 10.1. The Morgan fingerprint density at radius 3 is 2.62 bits per heavy atom. The number of hydrogen-bond acceptors (Lipinski definition) is 7. The molecule has 0 fully saturated rings. The van der Waals surface area contributed by atoms with Gasteiger partial charge in [0.2, 0.25) is 19.8 Å². The van der Waals surface area contributed by atoms with E-state index in [1.807, 2.05) is 39.2 Å². The largest absolute Gasteiger partial charge is 0.495 e. The third-order valence-corrected chi connectivity index (χ3v) is 6.30. The van der Waals surface area contributed by atoms with Gasteiger partial charge < -0.3 is 24.3 Å². The van der Waals surface area contributed by atoms with Crippen molar-refractivity contribution < 1.29 is 9.53 Å². The smallest absolute Gasteiger partial charge is 0.268 e. The summed E-state index contributed by atoms with van der Waals surface area (Å²) in [4.78, 5) is 39.3. The Bertz CT molecular complexity index is 1740. The first-order valence-electron chi connectivity index (χ1n) is 11.6. The molecule has 2 aromatic carbocycles. The van der Waals surface area contributed by atoms with Crippen LogP contribution < -0.4 is 20.5 Å². The number of amides is 1. The first-order valence-corrected chi connectivity index (χ1v) is 11.6. The quantitative estimate of drug-likeness (QED) is 0.286. The maximum atomic E-state index is 13.8. The van der Waals surface area contributed by atoms with Crippen molar-refractivity contribution in [2.45, 2.75) is 6.92 Å². The first kappa shape index (κ1) is 24.3. The van der Waals surface area contributed by atoms with Gasteiger partial charge in [-0.1, -0.05) is 12.1 Å². The third kappa shape index (κ3) is 4.17. The summed E-state index contributed by atoms with van der Waals surface area (Å²) in [6, 6.07) is 12.7. The predicted molar refractivity (Wildman–Crippen MR) is 146 cm³/mol. The Labute approximate surface area is 214 Å². The van der Waals surface area contributed by atoms with Crippen LogP contribution in [0.25, 0.3) is 27.6 Å². The van der Waals surface area contributed by atoms with Crippen LogP contribution in [-0.2, 0) is 4.79 Å². The minimum atomic E-state index is -0.256. The number of rotatable bonds is 6. The molecule has 37 heavy (non-hydrogen) atoms. The second-order valence-corrected chi connectivity index (χ2v) is 9.14. The SMILES string of the molecule is [B]n1ccc2c1nc(Nc1cc(N(C)C(=O)CN(C)C)ccc1OC)n1c(=O)c3c(C)cccc3nc21. The molecule has 0 bridgehead atoms. The van der Waals surface area contributed by atoms with Gasteiger partial charge >= 0.3 is 0 Å². The number of benzene rings is 2. The van der Waals surface area contributed by atoms with Gasteiger partial charge in [-0.05, 0) is 63.1 Å². The van der Waals surface area contributed by atoms with Crippen LogP contribution in [0.3, 0.4) is 0 Å². The number of aromatic nitrogens is 4. The number of carbonyl (C=O) groups is 1. The van der Waals surface area contributed by atoms with Crippen LogP contribution in [0.2, 0.25) is 0 Å². The van der Waals surface area contributed by atoms with E-state index >= 15 is 0 Å². The van der Waals surface area contributed by atoms with Crippen molar-refractivity contribution in [3.8, 4) is 5.75 Å². The van der Waals surface area contributed by atoms with Gasteiger partial charge in [0, 0.05) is 12.7 Å². The number of carbonyl (C=O) groups excluding carboxylic acids is 1. The molecule has 3 aromatic heterocycles. The Morgan fingerprint density at radius 2 is 1.89 bits per heavy atom. The van der Waals surface area contributed by atoms with Gasteiger partial charge in [0.15, 0.2) is 5.65 Å². The molecular formula is C26H26BN7O3. The number of aryl methyl sites for hydroxylation is 1. The highest BCUT2D eigenvalue weighted by Crippen LogP contribution is 2.32. The number of hydrogen-bond donors (Lipinski definition) is 1. The van der Waals surface area contributed by atoms with Gasteiger partial charge in [-0.15, -0.1) is 0 Å². The van der Waals surface area contributed by atoms with Crippen LogP contribution >= 0.6 is 0 Å². The first-order chi connectivity index (χ1) is 17.7. The number of anilines is 3. The number of methoxy groups -OCH3 is 1. The van der Waals surface area contributed by atoms with Gasteiger partial charge in [-0.3, -0.25) is 9.59 Å². The van der Waals surface area contributed by atoms with Crippen molar-refractivity contribution >= 4 is 58.8 Å². The minimum Gasteiger partial charge on any atom is -0.495 e. The van der Waals surface area contributed by atoms with E-state index in [0.29, 0.717) is 44.7 Å². The molecule has 0 spiro atoms. The Morgan fingerprint density at radius 1 is 1.11 bits per heavy atom. The third-order valence-electron chi connectivity index (χ3n) is 6.30. The highest BCUT2D eigenvalue weighted by atomic mass is 16.5. The van der Waals surface area contributed by atoms with E-state index in [-0.39, 0.29) is 24.0 Å². The summed E-state index contributed by atoms with van der Waals surface area (Å²) in [6.45, 7) is 2.13. The average Bonchev–Trinajstić information content (AvgIpc) is 3.23. The number of likely N-dealkylation sites (N-methyl/N-ethyl adjacent to an activating group) is 2. The Hall–Kier alpha value is -4.38. The van der Waals surface area contributed by atoms with E-state index in [1.165, 1.54) is 8.88 Å². The molecule has 10 nitrogen and oxygen atoms in total. The average molecular weight is 495 g/mol. The maximum Gasteiger partial charge on any atom is 0.268 e. The van der Waals surface area contributed by atoms with E-state index in [1.54, 1.807) is 54.4 Å². The van der Waals surface area contributed by atoms with Crippen molar-refractivity contribution in [2.24, 2.45) is 0 Å². The van der Waals surface area contributed by atoms with Crippen molar-refractivity contribution in [3.05, 3.63) is 64.6 Å². The zero-order valence-corrected chi connectivity index (χ0v) is 21.3. The summed E-state index contributed by atoms with van der Waals surface area (Å²) in [7, 11) is 13.1. The molecular weight excluding hydrogens is 469 g/mol. The minimum absolute atomic E-state index is 0.0746. The normalized spacial score (nSPS) is 11.5. The fraction of sp³-hybridized carbons (Fsp3) is 0.231. The van der Waals surface area contributed by atoms with Gasteiger partial charge in [-0.25, -0.2) is 9.38 Å². The van der Waals surface area contributed by atoms with Gasteiger partial charge in [0.1, 0.15) is 11.4 Å². The number of nitrogens with zero attached hydrogens (tertiary/aromatic N) is 6. The summed E-state index contributed by atoms with van der Waals surface area (Å²) >= 11 is 0. The predicted octanol–water partition coefficient (Wildman–Crippen LogP) is 2.71. The molecule has 186 valence electrons. The maximum absolute atomic E-state index is 13.8. The molecule has 11 heteroatoms. The summed E-state index contributed by atoms with van der Waals surface area (Å²) in [5, 5.41) is 4.39. The van der Waals surface area contributed by atoms with E-state index in [0.717, 1.165) is 5.56 Å². The van der Waals surface area contributed by atoms with E-state index in [4.69, 9.17) is 17.7 Å². The molecule has 2 radical (unpaired) electrons. The molecule has 5 rings (SSSR count). The van der Waals surface area contributed by atoms with Crippen LogP contribution in [0.1, 0.15) is 5.56 Å². The number of nitrogens with one attached hydrogen (secondary N) is 1. The lowest BCUT2D eigenvalue weighted by molar-refractivity contribution is -0.118. The van der Waals surface area contributed by atoms with Crippen molar-refractivity contribution in [1.29, 1.82) is 0 Å². The molecule has 3 heterocycles. The number of ether oxygens (including phenoxy) is 1. The zero-order valence-electron chi connectivity index (χ0n) is 21.3. The van der Waals surface area contributed by atoms with Crippen LogP contribution in [-0.4, -0.2) is 72.4 Å². The Balaban J connectivity index is 1.73. The van der Waals surface area contributed by atoms with Crippen molar-refractivity contribution in [1.82, 2.24) is 23.7 Å². The molecule has 5 aromatic rings. The van der Waals surface area contributed by atoms with Crippen molar-refractivity contribution in [2.75, 3.05) is 45.0 Å². The lowest BCUT2D eigenvalue weighted by Crippen LogP contribution is -2.35. The van der Waals surface area contributed by atoms with E-state index in [9.17, 15) is 9.59 Å².